The number of aromatic hydroxyl groups is 1. The first-order chi connectivity index (χ1) is 9.40. The number of anilines is 1. The van der Waals surface area contributed by atoms with Crippen LogP contribution in [0.15, 0.2) is 47.6 Å². The summed E-state index contributed by atoms with van der Waals surface area (Å²) in [5, 5.41) is 20.1. The molecule has 20 heavy (non-hydrogen) atoms. The van der Waals surface area contributed by atoms with E-state index in [0.29, 0.717) is 0 Å². The van der Waals surface area contributed by atoms with Crippen LogP contribution in [-0.2, 0) is 10.0 Å². The molecular weight excluding hydrogens is 286 g/mol. The van der Waals surface area contributed by atoms with Gasteiger partial charge in [-0.05, 0) is 18.2 Å². The highest BCUT2D eigenvalue weighted by molar-refractivity contribution is 7.92. The fourth-order valence-corrected chi connectivity index (χ4v) is 2.47. The molecule has 0 aliphatic rings. The Kier molecular flexibility index (Phi) is 3.53. The van der Waals surface area contributed by atoms with Gasteiger partial charge in [-0.25, -0.2) is 8.42 Å². The van der Waals surface area contributed by atoms with E-state index in [0.717, 1.165) is 24.4 Å². The van der Waals surface area contributed by atoms with Gasteiger partial charge in [0.25, 0.3) is 15.7 Å². The molecule has 0 aliphatic carbocycles. The lowest BCUT2D eigenvalue weighted by molar-refractivity contribution is -0.384. The monoisotopic (exact) mass is 295 g/mol. The Morgan fingerprint density at radius 1 is 1.30 bits per heavy atom. The van der Waals surface area contributed by atoms with Crippen molar-refractivity contribution in [1.29, 1.82) is 0 Å². The lowest BCUT2D eigenvalue weighted by Crippen LogP contribution is -2.13. The first-order valence-corrected chi connectivity index (χ1v) is 6.79. The zero-order valence-corrected chi connectivity index (χ0v) is 10.7. The van der Waals surface area contributed by atoms with Crippen LogP contribution < -0.4 is 4.72 Å². The second-order valence-corrected chi connectivity index (χ2v) is 5.44. The summed E-state index contributed by atoms with van der Waals surface area (Å²) in [6.07, 6.45) is 2.56. The number of phenolic OH excluding ortho intramolecular Hbond substituents is 1. The minimum Gasteiger partial charge on any atom is -0.505 e. The lowest BCUT2D eigenvalue weighted by Gasteiger charge is -2.08. The predicted molar refractivity (Wildman–Crippen MR) is 69.8 cm³/mol. The van der Waals surface area contributed by atoms with Gasteiger partial charge in [-0.3, -0.25) is 19.8 Å². The van der Waals surface area contributed by atoms with Crippen molar-refractivity contribution in [2.75, 3.05) is 4.72 Å². The van der Waals surface area contributed by atoms with Gasteiger partial charge < -0.3 is 5.11 Å². The van der Waals surface area contributed by atoms with Crippen molar-refractivity contribution in [2.24, 2.45) is 0 Å². The normalized spacial score (nSPS) is 11.0. The van der Waals surface area contributed by atoms with Gasteiger partial charge in [-0.2, -0.15) is 0 Å². The Morgan fingerprint density at radius 2 is 2.05 bits per heavy atom. The third-order valence-electron chi connectivity index (χ3n) is 2.38. The zero-order valence-electron chi connectivity index (χ0n) is 9.92. The van der Waals surface area contributed by atoms with Crippen molar-refractivity contribution in [3.05, 3.63) is 52.8 Å². The van der Waals surface area contributed by atoms with Gasteiger partial charge in [0.05, 0.1) is 16.7 Å². The second-order valence-electron chi connectivity index (χ2n) is 3.75. The third kappa shape index (κ3) is 2.83. The number of sulfonamides is 1. The summed E-state index contributed by atoms with van der Waals surface area (Å²) in [7, 11) is -3.91. The van der Waals surface area contributed by atoms with Gasteiger partial charge >= 0.3 is 0 Å². The molecule has 1 heterocycles. The molecule has 1 aromatic heterocycles. The Morgan fingerprint density at radius 3 is 2.60 bits per heavy atom. The molecule has 2 aromatic rings. The topological polar surface area (TPSA) is 122 Å². The number of hydrogen-bond acceptors (Lipinski definition) is 6. The van der Waals surface area contributed by atoms with Gasteiger partial charge in [-0.15, -0.1) is 0 Å². The largest absolute Gasteiger partial charge is 0.505 e. The molecule has 0 aliphatic heterocycles. The highest BCUT2D eigenvalue weighted by Crippen LogP contribution is 2.29. The summed E-state index contributed by atoms with van der Waals surface area (Å²) in [6, 6.07) is 5.84. The van der Waals surface area contributed by atoms with E-state index < -0.39 is 20.7 Å². The lowest BCUT2D eigenvalue weighted by atomic mass is 10.3. The fraction of sp³-hybridized carbons (Fsp3) is 0. The first-order valence-electron chi connectivity index (χ1n) is 5.30. The molecule has 9 heteroatoms. The molecule has 0 bridgehead atoms. The van der Waals surface area contributed by atoms with Gasteiger partial charge in [0.2, 0.25) is 0 Å². The van der Waals surface area contributed by atoms with E-state index in [2.05, 4.69) is 9.71 Å². The predicted octanol–water partition coefficient (Wildman–Crippen LogP) is 1.50. The van der Waals surface area contributed by atoms with E-state index in [1.165, 1.54) is 18.3 Å². The Labute approximate surface area is 113 Å². The molecule has 1 aromatic carbocycles. The number of non-ortho nitro benzene ring substituents is 1. The molecule has 0 saturated carbocycles. The Hall–Kier alpha value is -2.68. The van der Waals surface area contributed by atoms with E-state index >= 15 is 0 Å². The fourth-order valence-electron chi connectivity index (χ4n) is 1.43. The summed E-state index contributed by atoms with van der Waals surface area (Å²) in [5.74, 6) is -0.535. The maximum atomic E-state index is 12.0. The van der Waals surface area contributed by atoms with Gasteiger partial charge in [0.15, 0.2) is 0 Å². The number of nitrogens with zero attached hydrogens (tertiary/aromatic N) is 2. The zero-order chi connectivity index (χ0) is 14.8. The van der Waals surface area contributed by atoms with Crippen LogP contribution in [0, 0.1) is 10.1 Å². The van der Waals surface area contributed by atoms with Crippen LogP contribution in [0.5, 0.6) is 5.75 Å². The summed E-state index contributed by atoms with van der Waals surface area (Å²) < 4.78 is 26.1. The Balaban J connectivity index is 2.33. The smallest absolute Gasteiger partial charge is 0.273 e. The SMILES string of the molecule is O=[N+]([O-])c1ccc(NS(=O)(=O)c2cccnc2)c(O)c1. The summed E-state index contributed by atoms with van der Waals surface area (Å²) in [6.45, 7) is 0. The highest BCUT2D eigenvalue weighted by Gasteiger charge is 2.17. The number of benzene rings is 1. The first kappa shape index (κ1) is 13.7. The van der Waals surface area contributed by atoms with Crippen molar-refractivity contribution in [1.82, 2.24) is 4.98 Å². The second kappa shape index (κ2) is 5.13. The van der Waals surface area contributed by atoms with Crippen LogP contribution in [0.25, 0.3) is 0 Å². The molecule has 0 amide bonds. The molecule has 0 radical (unpaired) electrons. The van der Waals surface area contributed by atoms with Crippen LogP contribution in [0.1, 0.15) is 0 Å². The van der Waals surface area contributed by atoms with Crippen LogP contribution in [-0.4, -0.2) is 23.4 Å². The average molecular weight is 295 g/mol. The van der Waals surface area contributed by atoms with Crippen molar-refractivity contribution in [2.45, 2.75) is 4.90 Å². The van der Waals surface area contributed by atoms with E-state index in [-0.39, 0.29) is 16.3 Å². The van der Waals surface area contributed by atoms with Crippen molar-refractivity contribution in [3.8, 4) is 5.75 Å². The number of nitro benzene ring substituents is 1. The molecule has 0 saturated heterocycles. The quantitative estimate of drug-likeness (QED) is 0.500. The van der Waals surface area contributed by atoms with E-state index in [1.807, 2.05) is 0 Å². The standard InChI is InChI=1S/C11H9N3O5S/c15-11-6-8(14(16)17)3-4-10(11)13-20(18,19)9-2-1-5-12-7-9/h1-7,13,15H. The molecule has 0 fully saturated rings. The van der Waals surface area contributed by atoms with Gasteiger partial charge in [0.1, 0.15) is 10.6 Å². The summed E-state index contributed by atoms with van der Waals surface area (Å²) in [4.78, 5) is 13.4. The number of aromatic nitrogens is 1. The van der Waals surface area contributed by atoms with Gasteiger partial charge in [-0.1, -0.05) is 0 Å². The number of nitrogens with one attached hydrogen (secondary N) is 1. The summed E-state index contributed by atoms with van der Waals surface area (Å²) in [5.41, 5.74) is -0.494. The molecule has 0 atom stereocenters. The highest BCUT2D eigenvalue weighted by atomic mass is 32.2. The Bertz CT molecular complexity index is 746. The van der Waals surface area contributed by atoms with Crippen LogP contribution in [0.4, 0.5) is 11.4 Å². The average Bonchev–Trinajstić information content (AvgIpc) is 2.41. The molecule has 2 N–H and O–H groups in total. The van der Waals surface area contributed by atoms with Crippen LogP contribution in [0.3, 0.4) is 0 Å². The number of rotatable bonds is 4. The molecular formula is C11H9N3O5S. The maximum Gasteiger partial charge on any atom is 0.273 e. The van der Waals surface area contributed by atoms with E-state index in [9.17, 15) is 23.6 Å². The number of pyridine rings is 1. The number of nitro groups is 1. The van der Waals surface area contributed by atoms with Crippen LogP contribution in [0.2, 0.25) is 0 Å². The van der Waals surface area contributed by atoms with E-state index in [4.69, 9.17) is 0 Å². The maximum absolute atomic E-state index is 12.0. The van der Waals surface area contributed by atoms with E-state index in [1.54, 1.807) is 0 Å². The van der Waals surface area contributed by atoms with Crippen molar-refractivity contribution in [3.63, 3.8) is 0 Å². The number of phenols is 1. The minimum absolute atomic E-state index is 0.0854. The van der Waals surface area contributed by atoms with Crippen molar-refractivity contribution < 1.29 is 18.4 Å². The number of hydrogen-bond donors (Lipinski definition) is 2. The van der Waals surface area contributed by atoms with Crippen molar-refractivity contribution >= 4 is 21.4 Å². The minimum atomic E-state index is -3.91. The molecule has 104 valence electrons. The van der Waals surface area contributed by atoms with Crippen LogP contribution >= 0.6 is 0 Å². The van der Waals surface area contributed by atoms with Gasteiger partial charge in [0, 0.05) is 18.5 Å². The summed E-state index contributed by atoms with van der Waals surface area (Å²) >= 11 is 0. The third-order valence-corrected chi connectivity index (χ3v) is 3.73. The molecule has 2 rings (SSSR count). The molecule has 0 spiro atoms. The molecule has 8 nitrogen and oxygen atoms in total. The molecule has 0 unspecified atom stereocenters.